The molecule has 3 aromatic rings. The maximum atomic E-state index is 11.0. The quantitative estimate of drug-likeness (QED) is 0.799. The highest BCUT2D eigenvalue weighted by atomic mass is 16.5. The van der Waals surface area contributed by atoms with Crippen molar-refractivity contribution in [3.05, 3.63) is 60.6 Å². The zero-order valence-electron chi connectivity index (χ0n) is 11.9. The molecule has 2 N–H and O–H groups in total. The van der Waals surface area contributed by atoms with Crippen LogP contribution in [0.2, 0.25) is 0 Å². The van der Waals surface area contributed by atoms with Gasteiger partial charge in [-0.1, -0.05) is 17.3 Å². The molecule has 0 radical (unpaired) electrons. The van der Waals surface area contributed by atoms with Crippen LogP contribution in [0.3, 0.4) is 0 Å². The van der Waals surface area contributed by atoms with Crippen molar-refractivity contribution in [2.24, 2.45) is 5.73 Å². The van der Waals surface area contributed by atoms with Gasteiger partial charge >= 0.3 is 0 Å². The molecule has 1 amide bonds. The molecule has 0 aliphatic rings. The van der Waals surface area contributed by atoms with E-state index in [2.05, 4.69) is 10.1 Å². The summed E-state index contributed by atoms with van der Waals surface area (Å²) in [6.07, 6.45) is 3.50. The van der Waals surface area contributed by atoms with E-state index in [0.29, 0.717) is 5.69 Å². The van der Waals surface area contributed by atoms with Gasteiger partial charge < -0.3 is 15.2 Å². The highest BCUT2D eigenvalue weighted by molar-refractivity contribution is 5.90. The fourth-order valence-electron chi connectivity index (χ4n) is 2.10. The standard InChI is InChI=1S/C16H14N4O2/c1-20(13-6-8-18-9-7-13)12-4-2-11(3-5-12)14-10-15(16(17)21)22-19-14/h2-10H,1H3,(H2,17,21). The third kappa shape index (κ3) is 2.67. The first-order chi connectivity index (χ1) is 10.6. The van der Waals surface area contributed by atoms with Crippen LogP contribution in [-0.2, 0) is 0 Å². The Bertz CT molecular complexity index is 781. The van der Waals surface area contributed by atoms with Crippen molar-refractivity contribution < 1.29 is 9.32 Å². The van der Waals surface area contributed by atoms with Gasteiger partial charge in [0.15, 0.2) is 0 Å². The van der Waals surface area contributed by atoms with Crippen molar-refractivity contribution in [1.29, 1.82) is 0 Å². The molecule has 6 heteroatoms. The van der Waals surface area contributed by atoms with Gasteiger partial charge in [0.1, 0.15) is 5.69 Å². The molecule has 0 saturated heterocycles. The van der Waals surface area contributed by atoms with Gasteiger partial charge in [0.2, 0.25) is 5.76 Å². The molecule has 0 atom stereocenters. The molecular weight excluding hydrogens is 280 g/mol. The number of pyridine rings is 1. The molecule has 0 aliphatic heterocycles. The summed E-state index contributed by atoms with van der Waals surface area (Å²) >= 11 is 0. The van der Waals surface area contributed by atoms with E-state index in [0.717, 1.165) is 16.9 Å². The maximum Gasteiger partial charge on any atom is 0.287 e. The van der Waals surface area contributed by atoms with E-state index >= 15 is 0 Å². The number of carbonyl (C=O) groups excluding carboxylic acids is 1. The predicted octanol–water partition coefficient (Wildman–Crippen LogP) is 2.60. The van der Waals surface area contributed by atoms with E-state index < -0.39 is 5.91 Å². The summed E-state index contributed by atoms with van der Waals surface area (Å²) in [6.45, 7) is 0. The number of carbonyl (C=O) groups is 1. The lowest BCUT2D eigenvalue weighted by molar-refractivity contribution is 0.0965. The van der Waals surface area contributed by atoms with Gasteiger partial charge in [-0.15, -0.1) is 0 Å². The largest absolute Gasteiger partial charge is 0.363 e. The average molecular weight is 294 g/mol. The van der Waals surface area contributed by atoms with E-state index in [1.807, 2.05) is 48.3 Å². The van der Waals surface area contributed by atoms with Crippen molar-refractivity contribution in [1.82, 2.24) is 10.1 Å². The lowest BCUT2D eigenvalue weighted by Gasteiger charge is -2.19. The number of aromatic nitrogens is 2. The minimum atomic E-state index is -0.632. The fraction of sp³-hybridized carbons (Fsp3) is 0.0625. The molecule has 110 valence electrons. The van der Waals surface area contributed by atoms with Crippen LogP contribution in [0.4, 0.5) is 11.4 Å². The topological polar surface area (TPSA) is 85.3 Å². The molecule has 3 rings (SSSR count). The molecule has 0 spiro atoms. The van der Waals surface area contributed by atoms with Crippen LogP contribution in [0.15, 0.2) is 59.4 Å². The molecular formula is C16H14N4O2. The van der Waals surface area contributed by atoms with E-state index in [1.54, 1.807) is 12.4 Å². The number of benzene rings is 1. The number of hydrogen-bond acceptors (Lipinski definition) is 5. The summed E-state index contributed by atoms with van der Waals surface area (Å²) in [4.78, 5) is 17.1. The molecule has 6 nitrogen and oxygen atoms in total. The molecule has 22 heavy (non-hydrogen) atoms. The van der Waals surface area contributed by atoms with Crippen molar-refractivity contribution >= 4 is 17.3 Å². The Labute approximate surface area is 127 Å². The van der Waals surface area contributed by atoms with Crippen molar-refractivity contribution in [3.63, 3.8) is 0 Å². The molecule has 0 saturated carbocycles. The number of primary amides is 1. The number of rotatable bonds is 4. The van der Waals surface area contributed by atoms with E-state index in [9.17, 15) is 4.79 Å². The van der Waals surface area contributed by atoms with Gasteiger partial charge in [-0.25, -0.2) is 0 Å². The van der Waals surface area contributed by atoms with Crippen LogP contribution in [0, 0.1) is 0 Å². The van der Waals surface area contributed by atoms with Crippen LogP contribution in [0.25, 0.3) is 11.3 Å². The molecule has 0 bridgehead atoms. The number of nitrogens with zero attached hydrogens (tertiary/aromatic N) is 3. The first kappa shape index (κ1) is 13.8. The normalized spacial score (nSPS) is 10.4. The van der Waals surface area contributed by atoms with Crippen LogP contribution < -0.4 is 10.6 Å². The molecule has 2 heterocycles. The van der Waals surface area contributed by atoms with Gasteiger partial charge in [-0.2, -0.15) is 0 Å². The third-order valence-electron chi connectivity index (χ3n) is 3.35. The highest BCUT2D eigenvalue weighted by Crippen LogP contribution is 2.26. The summed E-state index contributed by atoms with van der Waals surface area (Å²) in [7, 11) is 1.98. The van der Waals surface area contributed by atoms with Crippen molar-refractivity contribution in [2.45, 2.75) is 0 Å². The molecule has 0 unspecified atom stereocenters. The lowest BCUT2D eigenvalue weighted by atomic mass is 10.1. The molecule has 1 aromatic carbocycles. The van der Waals surface area contributed by atoms with Crippen molar-refractivity contribution in [3.8, 4) is 11.3 Å². The average Bonchev–Trinajstić information content (AvgIpc) is 3.05. The Morgan fingerprint density at radius 2 is 1.73 bits per heavy atom. The first-order valence-electron chi connectivity index (χ1n) is 6.66. The lowest BCUT2D eigenvalue weighted by Crippen LogP contribution is -2.09. The van der Waals surface area contributed by atoms with Crippen LogP contribution in [0.5, 0.6) is 0 Å². The van der Waals surface area contributed by atoms with Crippen molar-refractivity contribution in [2.75, 3.05) is 11.9 Å². The minimum absolute atomic E-state index is 0.0491. The number of amides is 1. The summed E-state index contributed by atoms with van der Waals surface area (Å²) in [5.41, 5.74) is 8.64. The second kappa shape index (κ2) is 5.69. The van der Waals surface area contributed by atoms with E-state index in [-0.39, 0.29) is 5.76 Å². The van der Waals surface area contributed by atoms with Gasteiger partial charge in [0.05, 0.1) is 0 Å². The summed E-state index contributed by atoms with van der Waals surface area (Å²) in [6, 6.07) is 13.2. The maximum absolute atomic E-state index is 11.0. The Kier molecular flexibility index (Phi) is 3.57. The molecule has 0 fully saturated rings. The predicted molar refractivity (Wildman–Crippen MR) is 82.8 cm³/mol. The summed E-state index contributed by atoms with van der Waals surface area (Å²) in [5.74, 6) is -0.583. The third-order valence-corrected chi connectivity index (χ3v) is 3.35. The smallest absolute Gasteiger partial charge is 0.287 e. The summed E-state index contributed by atoms with van der Waals surface area (Å²) < 4.78 is 4.89. The summed E-state index contributed by atoms with van der Waals surface area (Å²) in [5, 5.41) is 3.84. The minimum Gasteiger partial charge on any atom is -0.363 e. The van der Waals surface area contributed by atoms with Crippen LogP contribution >= 0.6 is 0 Å². The highest BCUT2D eigenvalue weighted by Gasteiger charge is 2.11. The number of hydrogen-bond donors (Lipinski definition) is 1. The fourth-order valence-corrected chi connectivity index (χ4v) is 2.10. The molecule has 0 aliphatic carbocycles. The first-order valence-corrected chi connectivity index (χ1v) is 6.66. The van der Waals surface area contributed by atoms with Gasteiger partial charge in [-0.3, -0.25) is 9.78 Å². The second-order valence-electron chi connectivity index (χ2n) is 4.75. The monoisotopic (exact) mass is 294 g/mol. The van der Waals surface area contributed by atoms with Gasteiger partial charge in [0.25, 0.3) is 5.91 Å². The Morgan fingerprint density at radius 3 is 2.32 bits per heavy atom. The number of nitrogens with two attached hydrogens (primary N) is 1. The Morgan fingerprint density at radius 1 is 1.09 bits per heavy atom. The SMILES string of the molecule is CN(c1ccncc1)c1ccc(-c2cc(C(N)=O)on2)cc1. The molecule has 2 aromatic heterocycles. The zero-order valence-corrected chi connectivity index (χ0v) is 11.9. The zero-order chi connectivity index (χ0) is 15.5. The van der Waals surface area contributed by atoms with Gasteiger partial charge in [0, 0.05) is 42.4 Å². The Hall–Kier alpha value is -3.15. The van der Waals surface area contributed by atoms with E-state index in [1.165, 1.54) is 6.07 Å². The van der Waals surface area contributed by atoms with Crippen LogP contribution in [-0.4, -0.2) is 23.1 Å². The van der Waals surface area contributed by atoms with Gasteiger partial charge in [-0.05, 0) is 24.3 Å². The van der Waals surface area contributed by atoms with E-state index in [4.69, 9.17) is 10.3 Å². The van der Waals surface area contributed by atoms with Crippen LogP contribution in [0.1, 0.15) is 10.6 Å². The second-order valence-corrected chi connectivity index (χ2v) is 4.75. The number of anilines is 2. The Balaban J connectivity index is 1.84.